The van der Waals surface area contributed by atoms with Crippen LogP contribution >= 0.6 is 0 Å². The fraction of sp³-hybridized carbons (Fsp3) is 0.217. The van der Waals surface area contributed by atoms with Crippen LogP contribution in [0.4, 0.5) is 4.39 Å². The Bertz CT molecular complexity index is 1220. The maximum absolute atomic E-state index is 13.2. The maximum Gasteiger partial charge on any atom is 0.357 e. The minimum atomic E-state index is -0.494. The standard InChI is InChI=1S/C23H21FN2O4/c1-13(2)29-23(27)22-18(12-28-3)21-17-10-16(30-15-6-4-14(24)5-7-15)8-9-19(17)26-20(21)11-25-22/h4-11,13,26H,12H2,1-3H3. The molecule has 0 saturated carbocycles. The van der Waals surface area contributed by atoms with E-state index in [2.05, 4.69) is 9.97 Å². The summed E-state index contributed by atoms with van der Waals surface area (Å²) in [5.74, 6) is 0.288. The summed E-state index contributed by atoms with van der Waals surface area (Å²) in [6.45, 7) is 3.78. The van der Waals surface area contributed by atoms with Crippen LogP contribution in [-0.2, 0) is 16.1 Å². The molecule has 2 aromatic carbocycles. The molecule has 0 spiro atoms. The number of methoxy groups -OCH3 is 1. The Labute approximate surface area is 172 Å². The van der Waals surface area contributed by atoms with Crippen LogP contribution in [0, 0.1) is 5.82 Å². The highest BCUT2D eigenvalue weighted by molar-refractivity contribution is 6.11. The Kier molecular flexibility index (Phi) is 5.37. The Hall–Kier alpha value is -3.45. The largest absolute Gasteiger partial charge is 0.458 e. The van der Waals surface area contributed by atoms with Crippen LogP contribution in [0.2, 0.25) is 0 Å². The zero-order valence-electron chi connectivity index (χ0n) is 16.9. The van der Waals surface area contributed by atoms with E-state index in [1.165, 1.54) is 12.1 Å². The molecule has 0 atom stereocenters. The first-order valence-electron chi connectivity index (χ1n) is 9.53. The normalized spacial score (nSPS) is 11.4. The van der Waals surface area contributed by atoms with E-state index in [-0.39, 0.29) is 24.2 Å². The molecule has 154 valence electrons. The number of ether oxygens (including phenoxy) is 3. The number of aromatic nitrogens is 2. The summed E-state index contributed by atoms with van der Waals surface area (Å²) in [5.41, 5.74) is 2.51. The van der Waals surface area contributed by atoms with Crippen LogP contribution in [0.15, 0.2) is 48.7 Å². The van der Waals surface area contributed by atoms with E-state index in [0.717, 1.165) is 21.8 Å². The summed E-state index contributed by atoms with van der Waals surface area (Å²) >= 11 is 0. The van der Waals surface area contributed by atoms with E-state index in [1.54, 1.807) is 39.3 Å². The van der Waals surface area contributed by atoms with Crippen LogP contribution in [0.25, 0.3) is 21.8 Å². The van der Waals surface area contributed by atoms with Crippen molar-refractivity contribution < 1.29 is 23.4 Å². The second kappa shape index (κ2) is 8.12. The first-order chi connectivity index (χ1) is 14.5. The Morgan fingerprint density at radius 1 is 1.10 bits per heavy atom. The van der Waals surface area contributed by atoms with Gasteiger partial charge in [-0.25, -0.2) is 14.2 Å². The molecule has 0 saturated heterocycles. The number of H-pyrrole nitrogens is 1. The van der Waals surface area contributed by atoms with Gasteiger partial charge in [0.25, 0.3) is 0 Å². The molecule has 2 heterocycles. The summed E-state index contributed by atoms with van der Waals surface area (Å²) in [6.07, 6.45) is 1.36. The van der Waals surface area contributed by atoms with E-state index < -0.39 is 5.97 Å². The molecule has 7 heteroatoms. The van der Waals surface area contributed by atoms with Crippen LogP contribution in [0.1, 0.15) is 29.9 Å². The van der Waals surface area contributed by atoms with Crippen molar-refractivity contribution in [3.63, 3.8) is 0 Å². The summed E-state index contributed by atoms with van der Waals surface area (Å²) in [5, 5.41) is 1.68. The molecule has 1 N–H and O–H groups in total. The van der Waals surface area contributed by atoms with Crippen molar-refractivity contribution in [3.8, 4) is 11.5 Å². The third-order valence-corrected chi connectivity index (χ3v) is 4.58. The molecule has 0 radical (unpaired) electrons. The lowest BCUT2D eigenvalue weighted by atomic mass is 10.1. The third-order valence-electron chi connectivity index (χ3n) is 4.58. The monoisotopic (exact) mass is 408 g/mol. The van der Waals surface area contributed by atoms with E-state index in [0.29, 0.717) is 17.1 Å². The fourth-order valence-corrected chi connectivity index (χ4v) is 3.37. The summed E-state index contributed by atoms with van der Waals surface area (Å²) < 4.78 is 29.7. The third kappa shape index (κ3) is 3.84. The highest BCUT2D eigenvalue weighted by Crippen LogP contribution is 2.34. The summed E-state index contributed by atoms with van der Waals surface area (Å²) in [7, 11) is 1.56. The number of benzene rings is 2. The predicted molar refractivity (Wildman–Crippen MR) is 111 cm³/mol. The van der Waals surface area contributed by atoms with E-state index in [9.17, 15) is 9.18 Å². The van der Waals surface area contributed by atoms with Gasteiger partial charge < -0.3 is 19.2 Å². The molecule has 0 aliphatic rings. The zero-order valence-corrected chi connectivity index (χ0v) is 16.9. The number of hydrogen-bond donors (Lipinski definition) is 1. The van der Waals surface area contributed by atoms with Crippen LogP contribution < -0.4 is 4.74 Å². The summed E-state index contributed by atoms with van der Waals surface area (Å²) in [6, 6.07) is 11.4. The second-order valence-corrected chi connectivity index (χ2v) is 7.15. The quantitative estimate of drug-likeness (QED) is 0.435. The van der Waals surface area contributed by atoms with Crippen molar-refractivity contribution in [1.29, 1.82) is 0 Å². The fourth-order valence-electron chi connectivity index (χ4n) is 3.37. The predicted octanol–water partition coefficient (Wildman–Crippen LogP) is 5.36. The number of halogens is 1. The highest BCUT2D eigenvalue weighted by Gasteiger charge is 2.21. The number of carbonyl (C=O) groups excluding carboxylic acids is 1. The molecule has 0 aliphatic carbocycles. The molecular formula is C23H21FN2O4. The van der Waals surface area contributed by atoms with Gasteiger partial charge in [-0.15, -0.1) is 0 Å². The van der Waals surface area contributed by atoms with Gasteiger partial charge in [-0.3, -0.25) is 0 Å². The highest BCUT2D eigenvalue weighted by atomic mass is 19.1. The van der Waals surface area contributed by atoms with Gasteiger partial charge in [0.1, 0.15) is 17.3 Å². The van der Waals surface area contributed by atoms with E-state index in [4.69, 9.17) is 14.2 Å². The molecule has 0 fully saturated rings. The van der Waals surface area contributed by atoms with Crippen molar-refractivity contribution in [2.75, 3.05) is 7.11 Å². The molecule has 4 aromatic rings. The second-order valence-electron chi connectivity index (χ2n) is 7.15. The minimum Gasteiger partial charge on any atom is -0.458 e. The number of rotatable bonds is 6. The molecule has 0 aliphatic heterocycles. The average Bonchev–Trinajstić information content (AvgIpc) is 3.08. The van der Waals surface area contributed by atoms with E-state index >= 15 is 0 Å². The topological polar surface area (TPSA) is 73.4 Å². The first-order valence-corrected chi connectivity index (χ1v) is 9.53. The number of hydrogen-bond acceptors (Lipinski definition) is 5. The number of carbonyl (C=O) groups is 1. The molecule has 4 rings (SSSR count). The van der Waals surface area contributed by atoms with Crippen molar-refractivity contribution in [2.45, 2.75) is 26.6 Å². The lowest BCUT2D eigenvalue weighted by Gasteiger charge is -2.12. The van der Waals surface area contributed by atoms with Crippen LogP contribution in [0.5, 0.6) is 11.5 Å². The van der Waals surface area contributed by atoms with Gasteiger partial charge in [0.2, 0.25) is 0 Å². The van der Waals surface area contributed by atoms with Gasteiger partial charge in [0, 0.05) is 29.0 Å². The summed E-state index contributed by atoms with van der Waals surface area (Å²) in [4.78, 5) is 20.2. The smallest absolute Gasteiger partial charge is 0.357 e. The minimum absolute atomic E-state index is 0.197. The average molecular weight is 408 g/mol. The van der Waals surface area contributed by atoms with Crippen molar-refractivity contribution in [3.05, 3.63) is 65.7 Å². The molecule has 0 amide bonds. The van der Waals surface area contributed by atoms with Gasteiger partial charge in [-0.2, -0.15) is 0 Å². The molecule has 30 heavy (non-hydrogen) atoms. The Balaban J connectivity index is 1.84. The van der Waals surface area contributed by atoms with Crippen molar-refractivity contribution >= 4 is 27.8 Å². The van der Waals surface area contributed by atoms with Gasteiger partial charge in [0.05, 0.1) is 24.4 Å². The number of aromatic amines is 1. The molecule has 0 bridgehead atoms. The molecule has 0 unspecified atom stereocenters. The number of pyridine rings is 1. The first kappa shape index (κ1) is 19.8. The lowest BCUT2D eigenvalue weighted by Crippen LogP contribution is -2.15. The zero-order chi connectivity index (χ0) is 21.3. The number of esters is 1. The van der Waals surface area contributed by atoms with Crippen molar-refractivity contribution in [2.24, 2.45) is 0 Å². The molecule has 2 aromatic heterocycles. The molecule has 6 nitrogen and oxygen atoms in total. The van der Waals surface area contributed by atoms with Gasteiger partial charge in [-0.1, -0.05) is 0 Å². The van der Waals surface area contributed by atoms with Crippen LogP contribution in [0.3, 0.4) is 0 Å². The van der Waals surface area contributed by atoms with E-state index in [1.807, 2.05) is 18.2 Å². The maximum atomic E-state index is 13.2. The van der Waals surface area contributed by atoms with Crippen molar-refractivity contribution in [1.82, 2.24) is 9.97 Å². The Morgan fingerprint density at radius 2 is 1.83 bits per heavy atom. The molecular weight excluding hydrogens is 387 g/mol. The number of fused-ring (bicyclic) bond motifs is 3. The van der Waals surface area contributed by atoms with Crippen LogP contribution in [-0.4, -0.2) is 29.2 Å². The lowest BCUT2D eigenvalue weighted by molar-refractivity contribution is 0.0366. The van der Waals surface area contributed by atoms with Gasteiger partial charge >= 0.3 is 5.97 Å². The number of nitrogens with one attached hydrogen (secondary N) is 1. The Morgan fingerprint density at radius 3 is 2.53 bits per heavy atom. The van der Waals surface area contributed by atoms with Gasteiger partial charge in [0.15, 0.2) is 5.69 Å². The number of nitrogens with zero attached hydrogens (tertiary/aromatic N) is 1. The van der Waals surface area contributed by atoms with Gasteiger partial charge in [-0.05, 0) is 56.3 Å². The SMILES string of the molecule is COCc1c(C(=O)OC(C)C)ncc2[nH]c3ccc(Oc4ccc(F)cc4)cc3c12.